The van der Waals surface area contributed by atoms with E-state index in [-0.39, 0.29) is 29.5 Å². The third kappa shape index (κ3) is 8.46. The first-order chi connectivity index (χ1) is 22.1. The number of halogens is 1. The summed E-state index contributed by atoms with van der Waals surface area (Å²) < 4.78 is 41.2. The van der Waals surface area contributed by atoms with E-state index >= 15 is 0 Å². The monoisotopic (exact) mass is 707 g/mol. The van der Waals surface area contributed by atoms with Crippen LogP contribution in [0.4, 0.5) is 5.69 Å². The molecule has 11 heteroatoms. The Morgan fingerprint density at radius 3 is 2.15 bits per heavy atom. The molecule has 0 spiro atoms. The summed E-state index contributed by atoms with van der Waals surface area (Å²) in [6, 6.07) is 27.1. The number of likely N-dealkylation sites (N-methyl/N-ethyl adjacent to an activating group) is 1. The van der Waals surface area contributed by atoms with Gasteiger partial charge in [-0.25, -0.2) is 8.42 Å². The SMILES string of the molecule is CCNC(=O)[C@H](Cc1ccccc1)N(Cc1cccc(Br)c1)C(=O)CN(c1ccc(C)cc1)S(=O)(=O)c1ccc(OC)c(OC)c1. The maximum absolute atomic E-state index is 14.5. The Labute approximate surface area is 279 Å². The van der Waals surface area contributed by atoms with E-state index in [2.05, 4.69) is 21.2 Å². The Kier molecular flexibility index (Phi) is 11.8. The van der Waals surface area contributed by atoms with Crippen molar-refractivity contribution in [3.05, 3.63) is 118 Å². The minimum atomic E-state index is -4.31. The molecule has 46 heavy (non-hydrogen) atoms. The average Bonchev–Trinajstić information content (AvgIpc) is 3.05. The molecule has 0 aliphatic carbocycles. The van der Waals surface area contributed by atoms with Crippen molar-refractivity contribution in [3.63, 3.8) is 0 Å². The van der Waals surface area contributed by atoms with Crippen LogP contribution in [0.2, 0.25) is 0 Å². The van der Waals surface area contributed by atoms with Gasteiger partial charge in [0.25, 0.3) is 10.0 Å². The molecule has 0 unspecified atom stereocenters. The zero-order chi connectivity index (χ0) is 33.3. The van der Waals surface area contributed by atoms with E-state index in [1.807, 2.05) is 68.4 Å². The summed E-state index contributed by atoms with van der Waals surface area (Å²) in [5.74, 6) is -0.282. The summed E-state index contributed by atoms with van der Waals surface area (Å²) in [6.45, 7) is 3.59. The molecule has 0 bridgehead atoms. The van der Waals surface area contributed by atoms with Crippen LogP contribution in [0.1, 0.15) is 23.6 Å². The summed E-state index contributed by atoms with van der Waals surface area (Å²) in [7, 11) is -1.42. The first kappa shape index (κ1) is 34.5. The zero-order valence-corrected chi connectivity index (χ0v) is 28.7. The number of carbonyl (C=O) groups is 2. The lowest BCUT2D eigenvalue weighted by atomic mass is 10.0. The molecular formula is C35H38BrN3O6S. The van der Waals surface area contributed by atoms with Crippen LogP contribution in [0, 0.1) is 6.92 Å². The number of aryl methyl sites for hydroxylation is 1. The smallest absolute Gasteiger partial charge is 0.264 e. The number of anilines is 1. The van der Waals surface area contributed by atoms with Gasteiger partial charge in [0.05, 0.1) is 24.8 Å². The topological polar surface area (TPSA) is 105 Å². The van der Waals surface area contributed by atoms with Gasteiger partial charge in [0.1, 0.15) is 12.6 Å². The van der Waals surface area contributed by atoms with E-state index < -0.39 is 28.5 Å². The second kappa shape index (κ2) is 15.8. The second-order valence-electron chi connectivity index (χ2n) is 10.6. The number of benzene rings is 4. The summed E-state index contributed by atoms with van der Waals surface area (Å²) >= 11 is 3.49. The van der Waals surface area contributed by atoms with E-state index in [0.717, 1.165) is 25.5 Å². The molecule has 0 aliphatic rings. The van der Waals surface area contributed by atoms with E-state index in [9.17, 15) is 18.0 Å². The van der Waals surface area contributed by atoms with Crippen LogP contribution in [0.15, 0.2) is 106 Å². The number of amides is 2. The van der Waals surface area contributed by atoms with Crippen molar-refractivity contribution >= 4 is 43.5 Å². The largest absolute Gasteiger partial charge is 0.493 e. The van der Waals surface area contributed by atoms with Gasteiger partial charge in [-0.3, -0.25) is 13.9 Å². The highest BCUT2D eigenvalue weighted by atomic mass is 79.9. The summed E-state index contributed by atoms with van der Waals surface area (Å²) in [5, 5.41) is 2.87. The minimum Gasteiger partial charge on any atom is -0.493 e. The van der Waals surface area contributed by atoms with Crippen molar-refractivity contribution in [1.29, 1.82) is 0 Å². The van der Waals surface area contributed by atoms with Crippen molar-refractivity contribution < 1.29 is 27.5 Å². The normalized spacial score (nSPS) is 11.8. The van der Waals surface area contributed by atoms with E-state index in [1.54, 1.807) is 24.3 Å². The van der Waals surface area contributed by atoms with Gasteiger partial charge in [-0.15, -0.1) is 0 Å². The fourth-order valence-electron chi connectivity index (χ4n) is 5.02. The molecule has 0 fully saturated rings. The van der Waals surface area contributed by atoms with E-state index in [1.165, 1.54) is 37.3 Å². The predicted molar refractivity (Wildman–Crippen MR) is 183 cm³/mol. The molecule has 4 rings (SSSR count). The Hall–Kier alpha value is -4.35. The molecule has 0 radical (unpaired) electrons. The maximum Gasteiger partial charge on any atom is 0.264 e. The molecule has 2 amide bonds. The van der Waals surface area contributed by atoms with Gasteiger partial charge in [0.15, 0.2) is 11.5 Å². The van der Waals surface area contributed by atoms with Gasteiger partial charge < -0.3 is 19.7 Å². The molecule has 0 aliphatic heterocycles. The van der Waals surface area contributed by atoms with Crippen LogP contribution in [0.3, 0.4) is 0 Å². The number of rotatable bonds is 14. The van der Waals surface area contributed by atoms with Crippen LogP contribution in [-0.2, 0) is 32.6 Å². The Morgan fingerprint density at radius 2 is 1.52 bits per heavy atom. The summed E-state index contributed by atoms with van der Waals surface area (Å²) in [4.78, 5) is 29.5. The van der Waals surface area contributed by atoms with Gasteiger partial charge in [-0.1, -0.05) is 76.1 Å². The average molecular weight is 709 g/mol. The van der Waals surface area contributed by atoms with Gasteiger partial charge in [-0.05, 0) is 61.4 Å². The Balaban J connectivity index is 1.82. The van der Waals surface area contributed by atoms with Crippen LogP contribution >= 0.6 is 15.9 Å². The van der Waals surface area contributed by atoms with Crippen LogP contribution in [0.5, 0.6) is 11.5 Å². The van der Waals surface area contributed by atoms with Crippen LogP contribution in [-0.4, -0.2) is 58.5 Å². The molecule has 9 nitrogen and oxygen atoms in total. The van der Waals surface area contributed by atoms with E-state index in [4.69, 9.17) is 9.47 Å². The molecule has 242 valence electrons. The van der Waals surface area contributed by atoms with Gasteiger partial charge in [0, 0.05) is 30.0 Å². The fourth-order valence-corrected chi connectivity index (χ4v) is 6.90. The minimum absolute atomic E-state index is 0.0745. The highest BCUT2D eigenvalue weighted by Crippen LogP contribution is 2.32. The third-order valence-electron chi connectivity index (χ3n) is 7.41. The lowest BCUT2D eigenvalue weighted by Crippen LogP contribution is -2.53. The molecule has 0 saturated carbocycles. The first-order valence-corrected chi connectivity index (χ1v) is 17.0. The van der Waals surface area contributed by atoms with Crippen LogP contribution in [0.25, 0.3) is 0 Å². The molecule has 4 aromatic rings. The van der Waals surface area contributed by atoms with Crippen molar-refractivity contribution in [2.45, 2.75) is 37.8 Å². The Bertz CT molecular complexity index is 1750. The van der Waals surface area contributed by atoms with Gasteiger partial charge >= 0.3 is 0 Å². The molecular weight excluding hydrogens is 670 g/mol. The van der Waals surface area contributed by atoms with E-state index in [0.29, 0.717) is 18.0 Å². The highest BCUT2D eigenvalue weighted by molar-refractivity contribution is 9.10. The highest BCUT2D eigenvalue weighted by Gasteiger charge is 2.35. The number of nitrogens with one attached hydrogen (secondary N) is 1. The van der Waals surface area contributed by atoms with Crippen molar-refractivity contribution in [2.75, 3.05) is 31.6 Å². The fraction of sp³-hybridized carbons (Fsp3) is 0.257. The number of methoxy groups -OCH3 is 2. The predicted octanol–water partition coefficient (Wildman–Crippen LogP) is 5.75. The number of carbonyl (C=O) groups excluding carboxylic acids is 2. The lowest BCUT2D eigenvalue weighted by molar-refractivity contribution is -0.140. The van der Waals surface area contributed by atoms with Crippen molar-refractivity contribution in [1.82, 2.24) is 10.2 Å². The third-order valence-corrected chi connectivity index (χ3v) is 9.67. The molecule has 0 saturated heterocycles. The number of nitrogens with zero attached hydrogens (tertiary/aromatic N) is 2. The number of ether oxygens (including phenoxy) is 2. The molecule has 1 atom stereocenters. The summed E-state index contributed by atoms with van der Waals surface area (Å²) in [6.07, 6.45) is 0.235. The standard InChI is InChI=1S/C35H38BrN3O6S/c1-5-37-35(41)31(21-26-10-7-6-8-11-26)38(23-27-12-9-13-28(36)20-27)34(40)24-39(29-16-14-25(2)15-17-29)46(42,43)30-18-19-32(44-3)33(22-30)45-4/h6-20,22,31H,5,21,23-24H2,1-4H3,(H,37,41)/t31-/m0/s1. The van der Waals surface area contributed by atoms with Crippen molar-refractivity contribution in [3.8, 4) is 11.5 Å². The van der Waals surface area contributed by atoms with Crippen LogP contribution < -0.4 is 19.1 Å². The quantitative estimate of drug-likeness (QED) is 0.179. The van der Waals surface area contributed by atoms with Gasteiger partial charge in [-0.2, -0.15) is 0 Å². The molecule has 0 heterocycles. The number of hydrogen-bond acceptors (Lipinski definition) is 6. The molecule has 1 N–H and O–H groups in total. The zero-order valence-electron chi connectivity index (χ0n) is 26.3. The van der Waals surface area contributed by atoms with Crippen molar-refractivity contribution in [2.24, 2.45) is 0 Å². The first-order valence-electron chi connectivity index (χ1n) is 14.7. The second-order valence-corrected chi connectivity index (χ2v) is 13.4. The Morgan fingerprint density at radius 1 is 0.848 bits per heavy atom. The molecule has 0 aromatic heterocycles. The van der Waals surface area contributed by atoms with Gasteiger partial charge in [0.2, 0.25) is 11.8 Å². The lowest BCUT2D eigenvalue weighted by Gasteiger charge is -2.34. The number of sulfonamides is 1. The maximum atomic E-state index is 14.5. The number of hydrogen-bond donors (Lipinski definition) is 1. The summed E-state index contributed by atoms with van der Waals surface area (Å²) in [5.41, 5.74) is 2.86. The molecule has 4 aromatic carbocycles.